The van der Waals surface area contributed by atoms with Crippen LogP contribution in [-0.4, -0.2) is 37.0 Å². The first-order valence-corrected chi connectivity index (χ1v) is 8.24. The number of nitrogens with zero attached hydrogens (tertiary/aromatic N) is 1. The molecule has 6 heteroatoms. The molecule has 2 aromatic rings. The second kappa shape index (κ2) is 8.45. The molecule has 1 aromatic carbocycles. The minimum absolute atomic E-state index is 0.0899. The number of thiophene rings is 1. The fourth-order valence-corrected chi connectivity index (χ4v) is 2.86. The highest BCUT2D eigenvalue weighted by atomic mass is 32.1. The van der Waals surface area contributed by atoms with Gasteiger partial charge in [-0.3, -0.25) is 9.69 Å². The van der Waals surface area contributed by atoms with Crippen LogP contribution in [0, 0.1) is 0 Å². The fourth-order valence-electron chi connectivity index (χ4n) is 2.07. The molecule has 1 N–H and O–H groups in total. The van der Waals surface area contributed by atoms with Crippen molar-refractivity contribution in [2.24, 2.45) is 0 Å². The highest BCUT2D eigenvalue weighted by Crippen LogP contribution is 2.12. The molecule has 23 heavy (non-hydrogen) atoms. The number of carbonyl (C=O) groups excluding carboxylic acids is 2. The number of carbonyl (C=O) groups is 2. The largest absolute Gasteiger partial charge is 0.462 e. The van der Waals surface area contributed by atoms with Gasteiger partial charge in [-0.05, 0) is 49.7 Å². The third-order valence-electron chi connectivity index (χ3n) is 3.10. The third-order valence-corrected chi connectivity index (χ3v) is 3.96. The van der Waals surface area contributed by atoms with E-state index in [1.165, 1.54) is 4.88 Å². The number of anilines is 1. The van der Waals surface area contributed by atoms with E-state index in [1.54, 1.807) is 42.5 Å². The van der Waals surface area contributed by atoms with E-state index in [1.807, 2.05) is 29.5 Å². The molecule has 0 spiro atoms. The Kier molecular flexibility index (Phi) is 6.31. The molecule has 0 saturated carbocycles. The van der Waals surface area contributed by atoms with Crippen molar-refractivity contribution >= 4 is 28.9 Å². The molecule has 5 nitrogen and oxygen atoms in total. The molecule has 0 aliphatic carbocycles. The molecule has 0 saturated heterocycles. The lowest BCUT2D eigenvalue weighted by atomic mass is 10.2. The van der Waals surface area contributed by atoms with Crippen molar-refractivity contribution in [2.75, 3.05) is 25.5 Å². The quantitative estimate of drug-likeness (QED) is 0.792. The van der Waals surface area contributed by atoms with E-state index in [9.17, 15) is 9.59 Å². The van der Waals surface area contributed by atoms with Crippen molar-refractivity contribution in [1.82, 2.24) is 4.90 Å². The predicted molar refractivity (Wildman–Crippen MR) is 91.7 cm³/mol. The average Bonchev–Trinajstić information content (AvgIpc) is 3.00. The van der Waals surface area contributed by atoms with Gasteiger partial charge in [0.05, 0.1) is 18.7 Å². The van der Waals surface area contributed by atoms with Gasteiger partial charge in [0.25, 0.3) is 0 Å². The standard InChI is InChI=1S/C17H20N2O3S/c1-3-22-17(21)13-6-8-14(9-7-13)18-16(20)12-19(2)11-15-5-4-10-23-15/h4-10H,3,11-12H2,1-2H3,(H,18,20). The van der Waals surface area contributed by atoms with E-state index < -0.39 is 0 Å². The molecule has 122 valence electrons. The van der Waals surface area contributed by atoms with Gasteiger partial charge in [0.1, 0.15) is 0 Å². The molecule has 0 aliphatic heterocycles. The van der Waals surface area contributed by atoms with Crippen molar-refractivity contribution in [3.63, 3.8) is 0 Å². The smallest absolute Gasteiger partial charge is 0.338 e. The van der Waals surface area contributed by atoms with Gasteiger partial charge in [0.15, 0.2) is 0 Å². The zero-order valence-corrected chi connectivity index (χ0v) is 14.1. The SMILES string of the molecule is CCOC(=O)c1ccc(NC(=O)CN(C)Cc2cccs2)cc1. The van der Waals surface area contributed by atoms with Gasteiger partial charge in [-0.1, -0.05) is 6.07 Å². The first-order chi connectivity index (χ1) is 11.1. The maximum Gasteiger partial charge on any atom is 0.338 e. The predicted octanol–water partition coefficient (Wildman–Crippen LogP) is 3.00. The Hall–Kier alpha value is -2.18. The summed E-state index contributed by atoms with van der Waals surface area (Å²) in [7, 11) is 1.91. The van der Waals surface area contributed by atoms with Gasteiger partial charge >= 0.3 is 5.97 Å². The molecule has 0 bridgehead atoms. The summed E-state index contributed by atoms with van der Waals surface area (Å²) in [6.45, 7) is 3.15. The Labute approximate surface area is 139 Å². The van der Waals surface area contributed by atoms with Crippen LogP contribution in [0.4, 0.5) is 5.69 Å². The molecule has 0 unspecified atom stereocenters. The van der Waals surface area contributed by atoms with Crippen LogP contribution in [-0.2, 0) is 16.1 Å². The van der Waals surface area contributed by atoms with Crippen molar-refractivity contribution < 1.29 is 14.3 Å². The Balaban J connectivity index is 1.83. The summed E-state index contributed by atoms with van der Waals surface area (Å²) in [5, 5.41) is 4.84. The van der Waals surface area contributed by atoms with Gasteiger partial charge in [0, 0.05) is 17.1 Å². The summed E-state index contributed by atoms with van der Waals surface area (Å²) in [4.78, 5) is 26.8. The third kappa shape index (κ3) is 5.50. The second-order valence-corrected chi connectivity index (χ2v) is 6.13. The minimum atomic E-state index is -0.360. The number of benzene rings is 1. The van der Waals surface area contributed by atoms with Crippen LogP contribution >= 0.6 is 11.3 Å². The summed E-state index contributed by atoms with van der Waals surface area (Å²) in [6.07, 6.45) is 0. The molecular weight excluding hydrogens is 312 g/mol. The minimum Gasteiger partial charge on any atom is -0.462 e. The Morgan fingerprint density at radius 1 is 1.22 bits per heavy atom. The van der Waals surface area contributed by atoms with Crippen molar-refractivity contribution in [3.05, 3.63) is 52.2 Å². The van der Waals surface area contributed by atoms with Gasteiger partial charge in [0.2, 0.25) is 5.91 Å². The summed E-state index contributed by atoms with van der Waals surface area (Å²) in [5.41, 5.74) is 1.13. The normalized spacial score (nSPS) is 10.6. The maximum atomic E-state index is 12.0. The molecule has 1 aromatic heterocycles. The van der Waals surface area contributed by atoms with Crippen LogP contribution in [0.2, 0.25) is 0 Å². The maximum absolute atomic E-state index is 12.0. The number of hydrogen-bond acceptors (Lipinski definition) is 5. The van der Waals surface area contributed by atoms with Crippen LogP contribution in [0.25, 0.3) is 0 Å². The number of ether oxygens (including phenoxy) is 1. The first kappa shape index (κ1) is 17.2. The zero-order valence-electron chi connectivity index (χ0n) is 13.2. The summed E-state index contributed by atoms with van der Waals surface area (Å²) in [6, 6.07) is 10.7. The fraction of sp³-hybridized carbons (Fsp3) is 0.294. The lowest BCUT2D eigenvalue weighted by molar-refractivity contribution is -0.117. The van der Waals surface area contributed by atoms with Gasteiger partial charge in [-0.15, -0.1) is 11.3 Å². The topological polar surface area (TPSA) is 58.6 Å². The summed E-state index contributed by atoms with van der Waals surface area (Å²) < 4.78 is 4.92. The summed E-state index contributed by atoms with van der Waals surface area (Å²) in [5.74, 6) is -0.450. The van der Waals surface area contributed by atoms with E-state index in [-0.39, 0.29) is 11.9 Å². The first-order valence-electron chi connectivity index (χ1n) is 7.36. The summed E-state index contributed by atoms with van der Waals surface area (Å²) >= 11 is 1.67. The molecule has 1 amide bonds. The van der Waals surface area contributed by atoms with Crippen LogP contribution in [0.15, 0.2) is 41.8 Å². The second-order valence-electron chi connectivity index (χ2n) is 5.10. The van der Waals surface area contributed by atoms with Gasteiger partial charge in [-0.2, -0.15) is 0 Å². The van der Waals surface area contributed by atoms with Crippen molar-refractivity contribution in [2.45, 2.75) is 13.5 Å². The highest BCUT2D eigenvalue weighted by Gasteiger charge is 2.09. The van der Waals surface area contributed by atoms with Crippen molar-refractivity contribution in [1.29, 1.82) is 0 Å². The zero-order chi connectivity index (χ0) is 16.7. The van der Waals surface area contributed by atoms with E-state index in [0.29, 0.717) is 24.4 Å². The average molecular weight is 332 g/mol. The lowest BCUT2D eigenvalue weighted by Gasteiger charge is -2.15. The van der Waals surface area contributed by atoms with Crippen LogP contribution in [0.3, 0.4) is 0 Å². The number of esters is 1. The number of amides is 1. The number of rotatable bonds is 7. The van der Waals surface area contributed by atoms with Crippen LogP contribution in [0.5, 0.6) is 0 Å². The number of nitrogens with one attached hydrogen (secondary N) is 1. The number of likely N-dealkylation sites (N-methyl/N-ethyl adjacent to an activating group) is 1. The van der Waals surface area contributed by atoms with Gasteiger partial charge in [-0.25, -0.2) is 4.79 Å². The van der Waals surface area contributed by atoms with E-state index in [2.05, 4.69) is 5.32 Å². The van der Waals surface area contributed by atoms with Crippen LogP contribution in [0.1, 0.15) is 22.2 Å². The van der Waals surface area contributed by atoms with E-state index in [4.69, 9.17) is 4.74 Å². The Morgan fingerprint density at radius 3 is 2.57 bits per heavy atom. The molecular formula is C17H20N2O3S. The van der Waals surface area contributed by atoms with Crippen molar-refractivity contribution in [3.8, 4) is 0 Å². The van der Waals surface area contributed by atoms with E-state index >= 15 is 0 Å². The van der Waals surface area contributed by atoms with E-state index in [0.717, 1.165) is 6.54 Å². The Morgan fingerprint density at radius 2 is 1.96 bits per heavy atom. The molecule has 0 aliphatic rings. The molecule has 0 fully saturated rings. The monoisotopic (exact) mass is 332 g/mol. The molecule has 0 radical (unpaired) electrons. The van der Waals surface area contributed by atoms with Crippen LogP contribution < -0.4 is 5.32 Å². The number of hydrogen-bond donors (Lipinski definition) is 1. The lowest BCUT2D eigenvalue weighted by Crippen LogP contribution is -2.29. The molecule has 1 heterocycles. The molecule has 2 rings (SSSR count). The highest BCUT2D eigenvalue weighted by molar-refractivity contribution is 7.09. The van der Waals surface area contributed by atoms with Gasteiger partial charge < -0.3 is 10.1 Å². The molecule has 0 atom stereocenters. The Bertz CT molecular complexity index is 638.